The molecule has 1 aromatic carbocycles. The van der Waals surface area contributed by atoms with Gasteiger partial charge in [0.25, 0.3) is 0 Å². The van der Waals surface area contributed by atoms with Crippen LogP contribution in [0.1, 0.15) is 50.5 Å². The number of carbonyl (C=O) groups is 3. The molecular formula is C25H33F3N2O7S. The number of aliphatic carboxylic acids is 2. The van der Waals surface area contributed by atoms with Crippen molar-refractivity contribution in [1.82, 2.24) is 4.90 Å². The number of hydrogen-bond acceptors (Lipinski definition) is 6. The van der Waals surface area contributed by atoms with Gasteiger partial charge in [0, 0.05) is 37.3 Å². The highest BCUT2D eigenvalue weighted by molar-refractivity contribution is 7.92. The predicted molar refractivity (Wildman–Crippen MR) is 132 cm³/mol. The molecule has 212 valence electrons. The van der Waals surface area contributed by atoms with Crippen molar-refractivity contribution in [3.8, 4) is 0 Å². The Morgan fingerprint density at radius 1 is 0.921 bits per heavy atom. The van der Waals surface area contributed by atoms with E-state index >= 15 is 0 Å². The first-order valence-electron chi connectivity index (χ1n) is 12.3. The van der Waals surface area contributed by atoms with Crippen molar-refractivity contribution in [2.24, 2.45) is 11.7 Å². The molecule has 0 bridgehead atoms. The monoisotopic (exact) mass is 562 g/mol. The second-order valence-corrected chi connectivity index (χ2v) is 11.8. The molecule has 2 fully saturated rings. The van der Waals surface area contributed by atoms with Gasteiger partial charge in [0.15, 0.2) is 21.5 Å². The molecule has 1 aromatic rings. The van der Waals surface area contributed by atoms with Crippen molar-refractivity contribution >= 4 is 27.7 Å². The molecule has 1 saturated heterocycles. The van der Waals surface area contributed by atoms with Crippen LogP contribution in [0.4, 0.5) is 13.2 Å². The lowest BCUT2D eigenvalue weighted by Crippen LogP contribution is -2.46. The molecule has 1 saturated carbocycles. The van der Waals surface area contributed by atoms with E-state index in [0.29, 0.717) is 57.0 Å². The van der Waals surface area contributed by atoms with Gasteiger partial charge in [-0.2, -0.15) is 0 Å². The van der Waals surface area contributed by atoms with Crippen molar-refractivity contribution in [3.63, 3.8) is 0 Å². The van der Waals surface area contributed by atoms with Gasteiger partial charge in [-0.1, -0.05) is 19.3 Å². The zero-order valence-electron chi connectivity index (χ0n) is 20.8. The fourth-order valence-electron chi connectivity index (χ4n) is 4.67. The van der Waals surface area contributed by atoms with Crippen LogP contribution in [-0.4, -0.2) is 71.5 Å². The molecule has 3 rings (SSSR count). The summed E-state index contributed by atoms with van der Waals surface area (Å²) in [5.41, 5.74) is 6.20. The first kappa shape index (κ1) is 31.3. The van der Waals surface area contributed by atoms with E-state index in [2.05, 4.69) is 0 Å². The van der Waals surface area contributed by atoms with E-state index in [1.165, 1.54) is 0 Å². The molecule has 1 amide bonds. The zero-order valence-corrected chi connectivity index (χ0v) is 21.6. The van der Waals surface area contributed by atoms with E-state index in [1.54, 1.807) is 4.90 Å². The van der Waals surface area contributed by atoms with E-state index < -0.39 is 56.3 Å². The minimum absolute atomic E-state index is 0.0171. The third-order valence-electron chi connectivity index (χ3n) is 6.80. The number of nitrogens with zero attached hydrogens (tertiary/aromatic N) is 1. The van der Waals surface area contributed by atoms with Crippen LogP contribution in [0.25, 0.3) is 0 Å². The lowest BCUT2D eigenvalue weighted by Gasteiger charge is -2.35. The third kappa shape index (κ3) is 9.75. The molecule has 1 heterocycles. The van der Waals surface area contributed by atoms with Crippen molar-refractivity contribution in [2.45, 2.75) is 62.7 Å². The van der Waals surface area contributed by atoms with Crippen LogP contribution < -0.4 is 5.73 Å². The Morgan fingerprint density at radius 2 is 1.45 bits per heavy atom. The molecule has 38 heavy (non-hydrogen) atoms. The summed E-state index contributed by atoms with van der Waals surface area (Å²) in [7, 11) is -3.44. The maximum absolute atomic E-state index is 13.9. The number of sulfone groups is 1. The summed E-state index contributed by atoms with van der Waals surface area (Å²) in [5, 5.41) is 15.2. The van der Waals surface area contributed by atoms with E-state index in [4.69, 9.17) is 15.9 Å². The number of nitrogens with two attached hydrogens (primary N) is 1. The average molecular weight is 563 g/mol. The smallest absolute Gasteiger partial charge is 0.328 e. The second kappa shape index (κ2) is 14.3. The molecule has 1 aliphatic carbocycles. The lowest BCUT2D eigenvalue weighted by molar-refractivity contribution is -0.134. The van der Waals surface area contributed by atoms with Crippen LogP contribution in [0, 0.1) is 23.4 Å². The summed E-state index contributed by atoms with van der Waals surface area (Å²) in [6.07, 6.45) is 6.38. The van der Waals surface area contributed by atoms with Gasteiger partial charge < -0.3 is 20.8 Å². The average Bonchev–Trinajstić information content (AvgIpc) is 2.86. The quantitative estimate of drug-likeness (QED) is 0.323. The molecule has 1 aliphatic heterocycles. The summed E-state index contributed by atoms with van der Waals surface area (Å²) in [4.78, 5) is 33.2. The Balaban J connectivity index is 0.000000550. The van der Waals surface area contributed by atoms with Crippen LogP contribution in [0.5, 0.6) is 0 Å². The summed E-state index contributed by atoms with van der Waals surface area (Å²) in [6.45, 7) is 0.773. The molecule has 0 radical (unpaired) electrons. The molecule has 1 atom stereocenters. The lowest BCUT2D eigenvalue weighted by atomic mass is 9.86. The van der Waals surface area contributed by atoms with Crippen LogP contribution in [0.15, 0.2) is 24.3 Å². The summed E-state index contributed by atoms with van der Waals surface area (Å²) in [5.74, 6) is -6.53. The Labute approximate surface area is 219 Å². The number of carbonyl (C=O) groups excluding carboxylic acids is 1. The van der Waals surface area contributed by atoms with Crippen molar-refractivity contribution in [3.05, 3.63) is 47.3 Å². The molecule has 0 aromatic heterocycles. The minimum atomic E-state index is -3.44. The van der Waals surface area contributed by atoms with Gasteiger partial charge >= 0.3 is 11.9 Å². The number of benzene rings is 1. The van der Waals surface area contributed by atoms with Gasteiger partial charge in [-0.15, -0.1) is 0 Å². The molecule has 0 unspecified atom stereocenters. The highest BCUT2D eigenvalue weighted by atomic mass is 32.2. The summed E-state index contributed by atoms with van der Waals surface area (Å²) < 4.78 is 65.4. The molecule has 13 heteroatoms. The van der Waals surface area contributed by atoms with Gasteiger partial charge in [0.05, 0.1) is 5.25 Å². The molecule has 4 N–H and O–H groups in total. The number of rotatable bonds is 8. The zero-order chi connectivity index (χ0) is 28.5. The molecule has 2 aliphatic rings. The SMILES string of the molecule is N[C@H](Cc1cc(F)c(F)cc1F)C1CCN(C(=O)CS(=O)(=O)C2CCCCC2)CC1.O=C(O)/C=C\C(=O)O. The third-order valence-corrected chi connectivity index (χ3v) is 8.93. The minimum Gasteiger partial charge on any atom is -0.478 e. The highest BCUT2D eigenvalue weighted by Gasteiger charge is 2.33. The van der Waals surface area contributed by atoms with Gasteiger partial charge in [-0.05, 0) is 49.7 Å². The van der Waals surface area contributed by atoms with Gasteiger partial charge in [0.1, 0.15) is 11.6 Å². The number of hydrogen-bond donors (Lipinski definition) is 3. The Morgan fingerprint density at radius 3 is 1.97 bits per heavy atom. The number of likely N-dealkylation sites (tertiary alicyclic amines) is 1. The van der Waals surface area contributed by atoms with Crippen molar-refractivity contribution in [1.29, 1.82) is 0 Å². The van der Waals surface area contributed by atoms with Crippen LogP contribution >= 0.6 is 0 Å². The largest absolute Gasteiger partial charge is 0.478 e. The molecular weight excluding hydrogens is 529 g/mol. The van der Waals surface area contributed by atoms with Gasteiger partial charge in [-0.25, -0.2) is 31.2 Å². The number of piperidine rings is 1. The van der Waals surface area contributed by atoms with E-state index in [1.807, 2.05) is 0 Å². The van der Waals surface area contributed by atoms with Gasteiger partial charge in [0.2, 0.25) is 5.91 Å². The van der Waals surface area contributed by atoms with Gasteiger partial charge in [-0.3, -0.25) is 4.79 Å². The summed E-state index contributed by atoms with van der Waals surface area (Å²) in [6, 6.07) is 0.887. The van der Waals surface area contributed by atoms with Crippen LogP contribution in [-0.2, 0) is 30.6 Å². The highest BCUT2D eigenvalue weighted by Crippen LogP contribution is 2.26. The normalized spacial score (nSPS) is 18.1. The molecule has 9 nitrogen and oxygen atoms in total. The van der Waals surface area contributed by atoms with Crippen molar-refractivity contribution < 1.29 is 46.2 Å². The Kier molecular flexibility index (Phi) is 11.8. The topological polar surface area (TPSA) is 155 Å². The first-order valence-corrected chi connectivity index (χ1v) is 14.0. The fraction of sp³-hybridized carbons (Fsp3) is 0.560. The predicted octanol–water partition coefficient (Wildman–Crippen LogP) is 2.67. The number of halogens is 3. The maximum atomic E-state index is 13.9. The first-order chi connectivity index (χ1) is 17.8. The Hall–Kier alpha value is -2.93. The number of carboxylic acid groups (broad SMARTS) is 2. The van der Waals surface area contributed by atoms with E-state index in [0.717, 1.165) is 25.3 Å². The fourth-order valence-corrected chi connectivity index (χ4v) is 6.48. The van der Waals surface area contributed by atoms with Crippen LogP contribution in [0.3, 0.4) is 0 Å². The van der Waals surface area contributed by atoms with Crippen LogP contribution in [0.2, 0.25) is 0 Å². The summed E-state index contributed by atoms with van der Waals surface area (Å²) >= 11 is 0. The maximum Gasteiger partial charge on any atom is 0.328 e. The standard InChI is InChI=1S/C21H29F3N2O3S.C4H4O4/c22-17-12-19(24)18(23)10-15(17)11-20(25)14-6-8-26(9-7-14)21(27)13-30(28,29)16-4-2-1-3-5-16;5-3(6)1-2-4(7)8/h10,12,14,16,20H,1-9,11,13,25H2;1-2H,(H,5,6)(H,7,8)/b;2-1-/t20-;/m1./s1. The van der Waals surface area contributed by atoms with E-state index in [9.17, 15) is 36.0 Å². The second-order valence-electron chi connectivity index (χ2n) is 9.52. The van der Waals surface area contributed by atoms with E-state index in [-0.39, 0.29) is 23.8 Å². The molecule has 0 spiro atoms. The van der Waals surface area contributed by atoms with Crippen molar-refractivity contribution in [2.75, 3.05) is 18.8 Å². The number of amides is 1. The Bertz CT molecular complexity index is 1110. The number of carboxylic acids is 2.